The summed E-state index contributed by atoms with van der Waals surface area (Å²) < 4.78 is 42.8. The molecule has 0 unspecified atom stereocenters. The van der Waals surface area contributed by atoms with Crippen LogP contribution < -0.4 is 5.73 Å². The lowest BCUT2D eigenvalue weighted by Gasteiger charge is -2.13. The monoisotopic (exact) mass is 425 g/mol. The second-order valence-corrected chi connectivity index (χ2v) is 6.65. The summed E-state index contributed by atoms with van der Waals surface area (Å²) in [5, 5.41) is 11.1. The fraction of sp³-hybridized carbons (Fsp3) is 0.100. The predicted molar refractivity (Wildman–Crippen MR) is 104 cm³/mol. The largest absolute Gasteiger partial charge is 0.434 e. The van der Waals surface area contributed by atoms with Crippen molar-refractivity contribution in [2.75, 3.05) is 0 Å². The van der Waals surface area contributed by atoms with Crippen molar-refractivity contribution >= 4 is 5.91 Å². The Morgan fingerprint density at radius 3 is 2.32 bits per heavy atom. The molecule has 0 atom stereocenters. The lowest BCUT2D eigenvalue weighted by atomic mass is 10.1. The van der Waals surface area contributed by atoms with Crippen LogP contribution in [0.4, 0.5) is 13.2 Å². The second-order valence-electron chi connectivity index (χ2n) is 6.65. The highest BCUT2D eigenvalue weighted by Gasteiger charge is 2.38. The third-order valence-electron chi connectivity index (χ3n) is 4.47. The van der Waals surface area contributed by atoms with Crippen LogP contribution >= 0.6 is 0 Å². The van der Waals surface area contributed by atoms with Crippen molar-refractivity contribution in [2.24, 2.45) is 5.73 Å². The number of hydrogen-bond acceptors (Lipinski definition) is 6. The molecule has 0 saturated carbocycles. The number of carbonyl (C=O) groups excluding carboxylic acids is 1. The van der Waals surface area contributed by atoms with E-state index in [9.17, 15) is 18.0 Å². The van der Waals surface area contributed by atoms with Crippen molar-refractivity contribution in [1.29, 1.82) is 0 Å². The Hall–Kier alpha value is -4.15. The summed E-state index contributed by atoms with van der Waals surface area (Å²) in [7, 11) is 0. The summed E-state index contributed by atoms with van der Waals surface area (Å²) in [5.41, 5.74) is 5.62. The first-order valence-electron chi connectivity index (χ1n) is 8.94. The molecule has 4 aromatic rings. The number of halogens is 3. The van der Waals surface area contributed by atoms with Crippen molar-refractivity contribution in [3.05, 3.63) is 71.5 Å². The Kier molecular flexibility index (Phi) is 4.93. The minimum Gasteiger partial charge on any atom is -0.366 e. The quantitative estimate of drug-likeness (QED) is 0.537. The number of amides is 1. The number of tetrazole rings is 1. The van der Waals surface area contributed by atoms with Gasteiger partial charge in [0.2, 0.25) is 5.91 Å². The van der Waals surface area contributed by atoms with Crippen LogP contribution in [0.1, 0.15) is 21.6 Å². The Balaban J connectivity index is 1.82. The molecule has 0 spiro atoms. The molecule has 0 fully saturated rings. The average Bonchev–Trinajstić information content (AvgIpc) is 3.23. The van der Waals surface area contributed by atoms with Gasteiger partial charge < -0.3 is 5.73 Å². The first-order valence-corrected chi connectivity index (χ1v) is 8.94. The molecule has 0 bridgehead atoms. The zero-order chi connectivity index (χ0) is 22.2. The van der Waals surface area contributed by atoms with E-state index in [1.807, 2.05) is 6.92 Å². The number of benzene rings is 2. The SMILES string of the molecule is Cc1ccc(-n2nnnc2-c2cnc(-c3ccc(C(N)=O)cc3)nc2C(F)(F)F)cc1. The third kappa shape index (κ3) is 3.97. The van der Waals surface area contributed by atoms with Crippen LogP contribution in [0, 0.1) is 6.92 Å². The molecule has 2 N–H and O–H groups in total. The maximum atomic E-state index is 13.9. The first kappa shape index (κ1) is 20.1. The number of aryl methyl sites for hydroxylation is 1. The van der Waals surface area contributed by atoms with Gasteiger partial charge in [-0.05, 0) is 41.6 Å². The summed E-state index contributed by atoms with van der Waals surface area (Å²) in [6.45, 7) is 1.88. The summed E-state index contributed by atoms with van der Waals surface area (Å²) in [6.07, 6.45) is -3.76. The Morgan fingerprint density at radius 2 is 1.71 bits per heavy atom. The highest BCUT2D eigenvalue weighted by atomic mass is 19.4. The summed E-state index contributed by atoms with van der Waals surface area (Å²) in [4.78, 5) is 19.0. The Morgan fingerprint density at radius 1 is 1.03 bits per heavy atom. The van der Waals surface area contributed by atoms with Gasteiger partial charge in [0.15, 0.2) is 17.3 Å². The highest BCUT2D eigenvalue weighted by molar-refractivity contribution is 5.93. The molecule has 4 rings (SSSR count). The third-order valence-corrected chi connectivity index (χ3v) is 4.47. The molecular weight excluding hydrogens is 411 g/mol. The van der Waals surface area contributed by atoms with Gasteiger partial charge in [-0.15, -0.1) is 5.10 Å². The molecule has 0 saturated heterocycles. The normalized spacial score (nSPS) is 11.5. The van der Waals surface area contributed by atoms with E-state index in [4.69, 9.17) is 5.73 Å². The zero-order valence-corrected chi connectivity index (χ0v) is 16.0. The molecule has 1 amide bonds. The van der Waals surface area contributed by atoms with Crippen molar-refractivity contribution < 1.29 is 18.0 Å². The molecule has 0 aliphatic carbocycles. The van der Waals surface area contributed by atoms with Gasteiger partial charge in [-0.2, -0.15) is 17.9 Å². The van der Waals surface area contributed by atoms with E-state index in [2.05, 4.69) is 25.5 Å². The van der Waals surface area contributed by atoms with Gasteiger partial charge in [0, 0.05) is 17.3 Å². The van der Waals surface area contributed by atoms with Crippen LogP contribution in [0.5, 0.6) is 0 Å². The molecule has 2 aromatic heterocycles. The van der Waals surface area contributed by atoms with E-state index >= 15 is 0 Å². The van der Waals surface area contributed by atoms with E-state index in [-0.39, 0.29) is 22.8 Å². The van der Waals surface area contributed by atoms with Gasteiger partial charge in [0.25, 0.3) is 0 Å². The van der Waals surface area contributed by atoms with Crippen LogP contribution in [-0.4, -0.2) is 36.1 Å². The molecule has 156 valence electrons. The highest BCUT2D eigenvalue weighted by Crippen LogP contribution is 2.36. The van der Waals surface area contributed by atoms with Gasteiger partial charge >= 0.3 is 6.18 Å². The van der Waals surface area contributed by atoms with E-state index in [1.54, 1.807) is 24.3 Å². The lowest BCUT2D eigenvalue weighted by Crippen LogP contribution is -2.14. The summed E-state index contributed by atoms with van der Waals surface area (Å²) in [5.74, 6) is -0.963. The molecule has 2 heterocycles. The molecule has 31 heavy (non-hydrogen) atoms. The van der Waals surface area contributed by atoms with Crippen LogP contribution in [0.25, 0.3) is 28.5 Å². The molecule has 0 aliphatic rings. The van der Waals surface area contributed by atoms with Crippen LogP contribution in [0.2, 0.25) is 0 Å². The van der Waals surface area contributed by atoms with Crippen molar-refractivity contribution in [1.82, 2.24) is 30.2 Å². The Labute approximate surface area is 173 Å². The van der Waals surface area contributed by atoms with Crippen LogP contribution in [0.3, 0.4) is 0 Å². The van der Waals surface area contributed by atoms with Crippen LogP contribution in [-0.2, 0) is 6.18 Å². The molecule has 2 aromatic carbocycles. The predicted octanol–water partition coefficient (Wildman–Crippen LogP) is 3.21. The second kappa shape index (κ2) is 7.59. The first-order chi connectivity index (χ1) is 14.7. The fourth-order valence-corrected chi connectivity index (χ4v) is 2.90. The fourth-order valence-electron chi connectivity index (χ4n) is 2.90. The number of alkyl halides is 3. The smallest absolute Gasteiger partial charge is 0.366 e. The number of primary amides is 1. The molecule has 8 nitrogen and oxygen atoms in total. The van der Waals surface area contributed by atoms with Gasteiger partial charge in [0.1, 0.15) is 0 Å². The zero-order valence-electron chi connectivity index (χ0n) is 16.0. The van der Waals surface area contributed by atoms with Gasteiger partial charge in [0.05, 0.1) is 11.3 Å². The van der Waals surface area contributed by atoms with Crippen LogP contribution in [0.15, 0.2) is 54.7 Å². The van der Waals surface area contributed by atoms with Gasteiger partial charge in [-0.1, -0.05) is 29.8 Å². The molecular formula is C20H14F3N7O. The van der Waals surface area contributed by atoms with Crippen molar-refractivity contribution in [3.63, 3.8) is 0 Å². The van der Waals surface area contributed by atoms with E-state index in [0.29, 0.717) is 11.3 Å². The van der Waals surface area contributed by atoms with Crippen molar-refractivity contribution in [3.8, 4) is 28.5 Å². The minimum absolute atomic E-state index is 0.146. The maximum absolute atomic E-state index is 13.9. The number of rotatable bonds is 4. The number of hydrogen-bond donors (Lipinski definition) is 1. The standard InChI is InChI=1S/C20H14F3N7O/c1-11-2-8-14(9-3-11)30-19(27-28-29-30)15-10-25-18(26-16(15)20(21,22)23)13-6-4-12(5-7-13)17(24)31/h2-10H,1H3,(H2,24,31). The number of nitrogens with two attached hydrogens (primary N) is 1. The topological polar surface area (TPSA) is 112 Å². The molecule has 0 aliphatic heterocycles. The Bertz CT molecular complexity index is 1250. The maximum Gasteiger partial charge on any atom is 0.434 e. The van der Waals surface area contributed by atoms with Crippen molar-refractivity contribution in [2.45, 2.75) is 13.1 Å². The average molecular weight is 425 g/mol. The van der Waals surface area contributed by atoms with E-state index in [0.717, 1.165) is 11.8 Å². The number of aromatic nitrogens is 6. The molecule has 0 radical (unpaired) electrons. The van der Waals surface area contributed by atoms with E-state index < -0.39 is 17.8 Å². The summed E-state index contributed by atoms with van der Waals surface area (Å²) in [6, 6.07) is 12.6. The van der Waals surface area contributed by atoms with Gasteiger partial charge in [-0.25, -0.2) is 9.97 Å². The minimum atomic E-state index is -4.79. The summed E-state index contributed by atoms with van der Waals surface area (Å²) >= 11 is 0. The van der Waals surface area contributed by atoms with Gasteiger partial charge in [-0.3, -0.25) is 4.79 Å². The number of carbonyl (C=O) groups is 1. The van der Waals surface area contributed by atoms with E-state index in [1.165, 1.54) is 28.9 Å². The lowest BCUT2D eigenvalue weighted by molar-refractivity contribution is -0.140. The molecule has 11 heteroatoms. The number of nitrogens with zero attached hydrogens (tertiary/aromatic N) is 6.